The summed E-state index contributed by atoms with van der Waals surface area (Å²) >= 11 is 0. The summed E-state index contributed by atoms with van der Waals surface area (Å²) in [5.41, 5.74) is 6.98. The molecule has 0 aromatic carbocycles. The molecule has 1 fully saturated rings. The van der Waals surface area contributed by atoms with Gasteiger partial charge in [-0.05, 0) is 37.3 Å². The highest BCUT2D eigenvalue weighted by molar-refractivity contribution is 14.0. The molecule has 2 aromatic rings. The molecule has 0 bridgehead atoms. The Morgan fingerprint density at radius 2 is 2.09 bits per heavy atom. The van der Waals surface area contributed by atoms with Crippen molar-refractivity contribution >= 4 is 35.6 Å². The highest BCUT2D eigenvalue weighted by Gasteiger charge is 2.16. The number of hydrogen-bond donors (Lipinski definition) is 1. The number of guanidine groups is 1. The zero-order valence-electron chi connectivity index (χ0n) is 13.6. The van der Waals surface area contributed by atoms with Gasteiger partial charge in [0, 0.05) is 32.3 Å². The molecular formula is C16H25IN6. The van der Waals surface area contributed by atoms with Crippen molar-refractivity contribution in [1.82, 2.24) is 19.5 Å². The molecule has 1 aliphatic rings. The number of rotatable bonds is 4. The van der Waals surface area contributed by atoms with Gasteiger partial charge in [-0.3, -0.25) is 9.39 Å². The standard InChI is InChI=1S/C16H24N6.HI/c1-13-7-11-21(12-8-13)16(17)18-9-4-6-15-20-19-14-5-2-3-10-22(14)15;/h2-3,5,10,13H,4,6-9,11-12H2,1H3,(H2,17,18);1H. The van der Waals surface area contributed by atoms with Gasteiger partial charge in [0.15, 0.2) is 11.6 Å². The molecule has 23 heavy (non-hydrogen) atoms. The Morgan fingerprint density at radius 3 is 2.87 bits per heavy atom. The number of aliphatic imine (C=N–C) groups is 1. The predicted octanol–water partition coefficient (Wildman–Crippen LogP) is 2.33. The molecule has 2 N–H and O–H groups in total. The van der Waals surface area contributed by atoms with Crippen LogP contribution in [0.2, 0.25) is 0 Å². The molecule has 2 aromatic heterocycles. The first-order valence-corrected chi connectivity index (χ1v) is 8.07. The van der Waals surface area contributed by atoms with E-state index in [1.807, 2.05) is 28.8 Å². The maximum Gasteiger partial charge on any atom is 0.191 e. The Balaban J connectivity index is 0.00000192. The number of piperidine rings is 1. The van der Waals surface area contributed by atoms with Gasteiger partial charge in [-0.2, -0.15) is 0 Å². The van der Waals surface area contributed by atoms with Gasteiger partial charge >= 0.3 is 0 Å². The van der Waals surface area contributed by atoms with Crippen molar-refractivity contribution in [2.24, 2.45) is 16.6 Å². The first kappa shape index (κ1) is 18.0. The SMILES string of the molecule is CC1CCN(C(N)=NCCCc2nnc3ccccn23)CC1.I. The van der Waals surface area contributed by atoms with E-state index in [4.69, 9.17) is 5.73 Å². The minimum atomic E-state index is 0. The second kappa shape index (κ2) is 8.47. The molecule has 0 radical (unpaired) electrons. The zero-order chi connectivity index (χ0) is 15.4. The van der Waals surface area contributed by atoms with Gasteiger partial charge in [-0.15, -0.1) is 34.2 Å². The molecule has 1 aliphatic heterocycles. The molecule has 126 valence electrons. The maximum atomic E-state index is 6.09. The van der Waals surface area contributed by atoms with Gasteiger partial charge in [0.1, 0.15) is 5.82 Å². The van der Waals surface area contributed by atoms with E-state index < -0.39 is 0 Å². The van der Waals surface area contributed by atoms with Gasteiger partial charge in [-0.1, -0.05) is 13.0 Å². The summed E-state index contributed by atoms with van der Waals surface area (Å²) in [6.07, 6.45) is 6.21. The fraction of sp³-hybridized carbons (Fsp3) is 0.562. The molecule has 0 atom stereocenters. The Bertz CT molecular complexity index is 645. The molecule has 0 aliphatic carbocycles. The zero-order valence-corrected chi connectivity index (χ0v) is 15.9. The number of halogens is 1. The average Bonchev–Trinajstić information content (AvgIpc) is 2.95. The molecule has 0 unspecified atom stereocenters. The number of aromatic nitrogens is 3. The van der Waals surface area contributed by atoms with Crippen LogP contribution in [0, 0.1) is 5.92 Å². The Kier molecular flexibility index (Phi) is 6.61. The average molecular weight is 428 g/mol. The number of pyridine rings is 1. The predicted molar refractivity (Wildman–Crippen MR) is 103 cm³/mol. The van der Waals surface area contributed by atoms with E-state index in [2.05, 4.69) is 27.0 Å². The molecule has 1 saturated heterocycles. The van der Waals surface area contributed by atoms with Crippen LogP contribution in [-0.2, 0) is 6.42 Å². The Morgan fingerprint density at radius 1 is 1.30 bits per heavy atom. The summed E-state index contributed by atoms with van der Waals surface area (Å²) < 4.78 is 2.03. The van der Waals surface area contributed by atoms with E-state index in [1.165, 1.54) is 12.8 Å². The van der Waals surface area contributed by atoms with Gasteiger partial charge in [0.25, 0.3) is 0 Å². The summed E-state index contributed by atoms with van der Waals surface area (Å²) in [4.78, 5) is 6.72. The number of fused-ring (bicyclic) bond motifs is 1. The van der Waals surface area contributed by atoms with Crippen LogP contribution in [0.4, 0.5) is 0 Å². The lowest BCUT2D eigenvalue weighted by Crippen LogP contribution is -2.42. The maximum absolute atomic E-state index is 6.09. The molecular weight excluding hydrogens is 403 g/mol. The third-order valence-corrected chi connectivity index (χ3v) is 4.32. The van der Waals surface area contributed by atoms with E-state index >= 15 is 0 Å². The van der Waals surface area contributed by atoms with Crippen molar-refractivity contribution in [3.63, 3.8) is 0 Å². The normalized spacial score (nSPS) is 16.6. The van der Waals surface area contributed by atoms with Gasteiger partial charge in [0.05, 0.1) is 0 Å². The lowest BCUT2D eigenvalue weighted by atomic mass is 10.00. The van der Waals surface area contributed by atoms with E-state index in [0.717, 1.165) is 49.9 Å². The van der Waals surface area contributed by atoms with E-state index in [9.17, 15) is 0 Å². The van der Waals surface area contributed by atoms with Crippen LogP contribution in [0.3, 0.4) is 0 Å². The van der Waals surface area contributed by atoms with Crippen LogP contribution in [0.1, 0.15) is 32.0 Å². The summed E-state index contributed by atoms with van der Waals surface area (Å²) in [5.74, 6) is 2.49. The fourth-order valence-electron chi connectivity index (χ4n) is 2.83. The summed E-state index contributed by atoms with van der Waals surface area (Å²) in [6, 6.07) is 5.93. The lowest BCUT2D eigenvalue weighted by molar-refractivity contribution is 0.277. The van der Waals surface area contributed by atoms with Crippen molar-refractivity contribution in [3.05, 3.63) is 30.2 Å². The minimum Gasteiger partial charge on any atom is -0.370 e. The third kappa shape index (κ3) is 4.55. The van der Waals surface area contributed by atoms with Crippen LogP contribution < -0.4 is 5.73 Å². The third-order valence-electron chi connectivity index (χ3n) is 4.32. The van der Waals surface area contributed by atoms with Crippen molar-refractivity contribution in [2.75, 3.05) is 19.6 Å². The number of hydrogen-bond acceptors (Lipinski definition) is 3. The number of aryl methyl sites for hydroxylation is 1. The molecule has 0 saturated carbocycles. The van der Waals surface area contributed by atoms with Gasteiger partial charge < -0.3 is 10.6 Å². The fourth-order valence-corrected chi connectivity index (χ4v) is 2.83. The van der Waals surface area contributed by atoms with Crippen molar-refractivity contribution in [2.45, 2.75) is 32.6 Å². The van der Waals surface area contributed by atoms with Crippen LogP contribution in [0.25, 0.3) is 5.65 Å². The van der Waals surface area contributed by atoms with Crippen molar-refractivity contribution in [1.29, 1.82) is 0 Å². The molecule has 0 spiro atoms. The van der Waals surface area contributed by atoms with E-state index in [1.54, 1.807) is 0 Å². The molecule has 3 rings (SSSR count). The Labute approximate surface area is 154 Å². The van der Waals surface area contributed by atoms with E-state index in [-0.39, 0.29) is 24.0 Å². The lowest BCUT2D eigenvalue weighted by Gasteiger charge is -2.31. The van der Waals surface area contributed by atoms with E-state index in [0.29, 0.717) is 5.96 Å². The van der Waals surface area contributed by atoms with Crippen LogP contribution in [-0.4, -0.2) is 45.1 Å². The molecule has 0 amide bonds. The minimum absolute atomic E-state index is 0. The molecule has 3 heterocycles. The summed E-state index contributed by atoms with van der Waals surface area (Å²) in [5, 5.41) is 8.39. The Hall–Kier alpha value is -1.38. The van der Waals surface area contributed by atoms with Crippen molar-refractivity contribution < 1.29 is 0 Å². The first-order valence-electron chi connectivity index (χ1n) is 8.07. The van der Waals surface area contributed by atoms with Gasteiger partial charge in [-0.25, -0.2) is 0 Å². The second-order valence-corrected chi connectivity index (χ2v) is 6.06. The number of nitrogens with two attached hydrogens (primary N) is 1. The smallest absolute Gasteiger partial charge is 0.191 e. The van der Waals surface area contributed by atoms with Crippen molar-refractivity contribution in [3.8, 4) is 0 Å². The molecule has 6 nitrogen and oxygen atoms in total. The highest BCUT2D eigenvalue weighted by atomic mass is 127. The second-order valence-electron chi connectivity index (χ2n) is 6.06. The number of likely N-dealkylation sites (tertiary alicyclic amines) is 1. The van der Waals surface area contributed by atoms with Crippen LogP contribution in [0.15, 0.2) is 29.4 Å². The van der Waals surface area contributed by atoms with Crippen LogP contribution in [0.5, 0.6) is 0 Å². The quantitative estimate of drug-likeness (QED) is 0.351. The summed E-state index contributed by atoms with van der Waals surface area (Å²) in [7, 11) is 0. The topological polar surface area (TPSA) is 71.8 Å². The largest absolute Gasteiger partial charge is 0.370 e. The molecule has 7 heteroatoms. The van der Waals surface area contributed by atoms with Gasteiger partial charge in [0.2, 0.25) is 0 Å². The number of nitrogens with zero attached hydrogens (tertiary/aromatic N) is 5. The monoisotopic (exact) mass is 428 g/mol. The summed E-state index contributed by atoms with van der Waals surface area (Å²) in [6.45, 7) is 5.10. The van der Waals surface area contributed by atoms with Crippen LogP contribution >= 0.6 is 24.0 Å². The first-order chi connectivity index (χ1) is 10.7. The highest BCUT2D eigenvalue weighted by Crippen LogP contribution is 2.15.